The third kappa shape index (κ3) is 3.34. The number of benzene rings is 1. The molecule has 0 aliphatic carbocycles. The second-order valence-electron chi connectivity index (χ2n) is 4.34. The van der Waals surface area contributed by atoms with Gasteiger partial charge in [0.1, 0.15) is 0 Å². The second-order valence-corrected chi connectivity index (χ2v) is 4.34. The first-order valence-corrected chi connectivity index (χ1v) is 6.57. The molecule has 0 bridgehead atoms. The van der Waals surface area contributed by atoms with Gasteiger partial charge in [0.15, 0.2) is 0 Å². The normalized spacial score (nSPS) is 20.4. The Morgan fingerprint density at radius 3 is 2.25 bits per heavy atom. The van der Waals surface area contributed by atoms with Crippen molar-refractivity contribution >= 4 is 0 Å². The summed E-state index contributed by atoms with van der Waals surface area (Å²) in [5.74, 6) is 0.769. The molecule has 16 heavy (non-hydrogen) atoms. The van der Waals surface area contributed by atoms with E-state index in [1.807, 2.05) is 13.8 Å². The average molecular weight is 219 g/mol. The van der Waals surface area contributed by atoms with E-state index in [0.29, 0.717) is 0 Å². The predicted molar refractivity (Wildman–Crippen MR) is 72.0 cm³/mol. The topological polar surface area (TPSA) is 3.24 Å². The zero-order valence-electron chi connectivity index (χ0n) is 11.2. The summed E-state index contributed by atoms with van der Waals surface area (Å²) in [7, 11) is 2.21. The van der Waals surface area contributed by atoms with Gasteiger partial charge in [0.2, 0.25) is 0 Å². The lowest BCUT2D eigenvalue weighted by Crippen LogP contribution is -2.13. The van der Waals surface area contributed by atoms with Gasteiger partial charge in [-0.3, -0.25) is 0 Å². The highest BCUT2D eigenvalue weighted by Crippen LogP contribution is 2.26. The molecular weight excluding hydrogens is 194 g/mol. The first-order chi connectivity index (χ1) is 7.79. The molecule has 1 aromatic rings. The summed E-state index contributed by atoms with van der Waals surface area (Å²) < 4.78 is 0. The summed E-state index contributed by atoms with van der Waals surface area (Å²) in [6.45, 7) is 8.68. The molecule has 0 aromatic heterocycles. The molecule has 0 N–H and O–H groups in total. The quantitative estimate of drug-likeness (QED) is 0.733. The van der Waals surface area contributed by atoms with Crippen LogP contribution in [0.25, 0.3) is 0 Å². The van der Waals surface area contributed by atoms with Gasteiger partial charge in [-0.1, -0.05) is 45.0 Å². The van der Waals surface area contributed by atoms with Crippen LogP contribution in [0.15, 0.2) is 24.3 Å². The number of nitrogens with zero attached hydrogens (tertiary/aromatic N) is 1. The van der Waals surface area contributed by atoms with Crippen molar-refractivity contribution in [3.05, 3.63) is 35.4 Å². The number of likely N-dealkylation sites (tertiary alicyclic amines) is 1. The van der Waals surface area contributed by atoms with E-state index in [4.69, 9.17) is 0 Å². The van der Waals surface area contributed by atoms with Crippen LogP contribution in [0.3, 0.4) is 0 Å². The van der Waals surface area contributed by atoms with Crippen LogP contribution >= 0.6 is 0 Å². The Morgan fingerprint density at radius 1 is 1.19 bits per heavy atom. The van der Waals surface area contributed by atoms with Crippen molar-refractivity contribution in [3.8, 4) is 0 Å². The standard InChI is InChI=1S/C13H19N.C2H6/c1-3-11-4-6-12(7-5-11)13-8-9-14(2)10-13;1-2/h4-7,13H,3,8-10H2,1-2H3;1-2H3. The molecule has 1 aromatic carbocycles. The summed E-state index contributed by atoms with van der Waals surface area (Å²) in [5.41, 5.74) is 2.96. The van der Waals surface area contributed by atoms with Gasteiger partial charge in [-0.2, -0.15) is 0 Å². The second kappa shape index (κ2) is 6.70. The van der Waals surface area contributed by atoms with Gasteiger partial charge in [0, 0.05) is 6.54 Å². The highest BCUT2D eigenvalue weighted by Gasteiger charge is 2.20. The fourth-order valence-electron chi connectivity index (χ4n) is 2.23. The smallest absolute Gasteiger partial charge is 0.00477 e. The van der Waals surface area contributed by atoms with Crippen LogP contribution in [-0.2, 0) is 6.42 Å². The van der Waals surface area contributed by atoms with E-state index in [1.54, 1.807) is 0 Å². The zero-order chi connectivity index (χ0) is 12.0. The fourth-order valence-corrected chi connectivity index (χ4v) is 2.23. The molecule has 1 aliphatic heterocycles. The number of rotatable bonds is 2. The summed E-state index contributed by atoms with van der Waals surface area (Å²) in [5, 5.41) is 0. The summed E-state index contributed by atoms with van der Waals surface area (Å²) >= 11 is 0. The predicted octanol–water partition coefficient (Wildman–Crippen LogP) is 3.69. The third-order valence-corrected chi connectivity index (χ3v) is 3.25. The van der Waals surface area contributed by atoms with Crippen LogP contribution in [0, 0.1) is 0 Å². The molecule has 0 saturated carbocycles. The highest BCUT2D eigenvalue weighted by atomic mass is 15.1. The molecule has 90 valence electrons. The van der Waals surface area contributed by atoms with Crippen molar-refractivity contribution in [1.29, 1.82) is 0 Å². The molecule has 2 rings (SSSR count). The van der Waals surface area contributed by atoms with Gasteiger partial charge in [-0.15, -0.1) is 0 Å². The Bertz CT molecular complexity index is 289. The van der Waals surface area contributed by atoms with Crippen LogP contribution < -0.4 is 0 Å². The molecule has 0 amide bonds. The number of hydrogen-bond donors (Lipinski definition) is 0. The van der Waals surface area contributed by atoms with Crippen molar-refractivity contribution in [2.24, 2.45) is 0 Å². The van der Waals surface area contributed by atoms with E-state index in [2.05, 4.69) is 43.1 Å². The maximum absolute atomic E-state index is 2.42. The van der Waals surface area contributed by atoms with Crippen molar-refractivity contribution in [3.63, 3.8) is 0 Å². The molecule has 1 fully saturated rings. The molecule has 1 saturated heterocycles. The van der Waals surface area contributed by atoms with Gasteiger partial charge in [-0.25, -0.2) is 0 Å². The van der Waals surface area contributed by atoms with Gasteiger partial charge in [0.25, 0.3) is 0 Å². The first-order valence-electron chi connectivity index (χ1n) is 6.57. The lowest BCUT2D eigenvalue weighted by atomic mass is 9.97. The largest absolute Gasteiger partial charge is 0.306 e. The van der Waals surface area contributed by atoms with Crippen molar-refractivity contribution in [1.82, 2.24) is 4.90 Å². The minimum absolute atomic E-state index is 0.769. The van der Waals surface area contributed by atoms with Gasteiger partial charge >= 0.3 is 0 Å². The van der Waals surface area contributed by atoms with Gasteiger partial charge < -0.3 is 4.90 Å². The molecule has 1 unspecified atom stereocenters. The minimum atomic E-state index is 0.769. The summed E-state index contributed by atoms with van der Waals surface area (Å²) in [4.78, 5) is 2.42. The van der Waals surface area contributed by atoms with E-state index >= 15 is 0 Å². The Balaban J connectivity index is 0.000000606. The summed E-state index contributed by atoms with van der Waals surface area (Å²) in [6.07, 6.45) is 2.47. The maximum Gasteiger partial charge on any atom is 0.00477 e. The van der Waals surface area contributed by atoms with Crippen molar-refractivity contribution in [2.75, 3.05) is 20.1 Å². The minimum Gasteiger partial charge on any atom is -0.306 e. The third-order valence-electron chi connectivity index (χ3n) is 3.25. The number of likely N-dealkylation sites (N-methyl/N-ethyl adjacent to an activating group) is 1. The Labute approximate surface area is 100 Å². The Kier molecular flexibility index (Phi) is 5.54. The van der Waals surface area contributed by atoms with E-state index < -0.39 is 0 Å². The van der Waals surface area contributed by atoms with Crippen molar-refractivity contribution in [2.45, 2.75) is 39.5 Å². The van der Waals surface area contributed by atoms with Crippen LogP contribution in [-0.4, -0.2) is 25.0 Å². The van der Waals surface area contributed by atoms with Crippen molar-refractivity contribution < 1.29 is 0 Å². The fraction of sp³-hybridized carbons (Fsp3) is 0.600. The lowest BCUT2D eigenvalue weighted by Gasteiger charge is -2.11. The van der Waals surface area contributed by atoms with Crippen LogP contribution in [0.5, 0.6) is 0 Å². The van der Waals surface area contributed by atoms with E-state index in [-0.39, 0.29) is 0 Å². The molecule has 1 atom stereocenters. The summed E-state index contributed by atoms with van der Waals surface area (Å²) in [6, 6.07) is 9.16. The monoisotopic (exact) mass is 219 g/mol. The van der Waals surface area contributed by atoms with E-state index in [1.165, 1.54) is 30.6 Å². The van der Waals surface area contributed by atoms with Crippen LogP contribution in [0.4, 0.5) is 0 Å². The molecule has 1 heterocycles. The molecule has 0 spiro atoms. The molecule has 0 radical (unpaired) electrons. The van der Waals surface area contributed by atoms with E-state index in [9.17, 15) is 0 Å². The molecule has 1 aliphatic rings. The Hall–Kier alpha value is -0.820. The van der Waals surface area contributed by atoms with E-state index in [0.717, 1.165) is 12.3 Å². The van der Waals surface area contributed by atoms with Gasteiger partial charge in [-0.05, 0) is 43.5 Å². The molecule has 1 nitrogen and oxygen atoms in total. The average Bonchev–Trinajstić information content (AvgIpc) is 2.79. The zero-order valence-corrected chi connectivity index (χ0v) is 11.2. The maximum atomic E-state index is 2.42. The Morgan fingerprint density at radius 2 is 1.81 bits per heavy atom. The SMILES string of the molecule is CC.CCc1ccc(C2CCN(C)C2)cc1. The van der Waals surface area contributed by atoms with Crippen LogP contribution in [0.1, 0.15) is 44.2 Å². The molecule has 1 heteroatoms. The molecular formula is C15H25N. The first kappa shape index (κ1) is 13.2. The number of aryl methyl sites for hydroxylation is 1. The van der Waals surface area contributed by atoms with Crippen LogP contribution in [0.2, 0.25) is 0 Å². The number of hydrogen-bond acceptors (Lipinski definition) is 1. The lowest BCUT2D eigenvalue weighted by molar-refractivity contribution is 0.411. The highest BCUT2D eigenvalue weighted by molar-refractivity contribution is 5.26. The van der Waals surface area contributed by atoms with Gasteiger partial charge in [0.05, 0.1) is 0 Å².